The van der Waals surface area contributed by atoms with Gasteiger partial charge in [0.25, 0.3) is 0 Å². The van der Waals surface area contributed by atoms with Crippen molar-refractivity contribution in [3.8, 4) is 0 Å². The Bertz CT molecular complexity index is 390. The first-order chi connectivity index (χ1) is 7.07. The van der Waals surface area contributed by atoms with Gasteiger partial charge in [0.15, 0.2) is 0 Å². The summed E-state index contributed by atoms with van der Waals surface area (Å²) in [4.78, 5) is 19.2. The first kappa shape index (κ1) is 10.4. The minimum absolute atomic E-state index is 0.00948. The SMILES string of the molecule is CC1(CC(=O)Nc2cc(Cl)ncn2)CC1. The number of carbonyl (C=O) groups excluding carboxylic acids is 1. The molecule has 4 nitrogen and oxygen atoms in total. The van der Waals surface area contributed by atoms with E-state index in [0.717, 1.165) is 12.8 Å². The molecule has 80 valence electrons. The van der Waals surface area contributed by atoms with Crippen molar-refractivity contribution in [2.75, 3.05) is 5.32 Å². The van der Waals surface area contributed by atoms with Crippen molar-refractivity contribution in [3.05, 3.63) is 17.5 Å². The van der Waals surface area contributed by atoms with Gasteiger partial charge in [0.05, 0.1) is 0 Å². The van der Waals surface area contributed by atoms with E-state index in [1.165, 1.54) is 12.4 Å². The standard InChI is InChI=1S/C10H12ClN3O/c1-10(2-3-10)5-9(15)14-8-4-7(11)12-6-13-8/h4,6H,2-3,5H2,1H3,(H,12,13,14,15). The molecule has 0 spiro atoms. The highest BCUT2D eigenvalue weighted by atomic mass is 35.5. The van der Waals surface area contributed by atoms with E-state index in [4.69, 9.17) is 11.6 Å². The lowest BCUT2D eigenvalue weighted by Crippen LogP contribution is -2.16. The zero-order chi connectivity index (χ0) is 10.9. The molecule has 1 saturated carbocycles. The number of hydrogen-bond donors (Lipinski definition) is 1. The Hall–Kier alpha value is -1.16. The van der Waals surface area contributed by atoms with Crippen LogP contribution in [0.5, 0.6) is 0 Å². The Kier molecular flexibility index (Phi) is 2.61. The number of nitrogens with one attached hydrogen (secondary N) is 1. The van der Waals surface area contributed by atoms with Gasteiger partial charge in [-0.1, -0.05) is 18.5 Å². The highest BCUT2D eigenvalue weighted by Crippen LogP contribution is 2.48. The summed E-state index contributed by atoms with van der Waals surface area (Å²) in [5.74, 6) is 0.453. The summed E-state index contributed by atoms with van der Waals surface area (Å²) in [6.45, 7) is 2.11. The average Bonchev–Trinajstić information content (AvgIpc) is 2.82. The van der Waals surface area contributed by atoms with Crippen LogP contribution in [0.1, 0.15) is 26.2 Å². The van der Waals surface area contributed by atoms with Crippen molar-refractivity contribution in [1.82, 2.24) is 9.97 Å². The van der Waals surface area contributed by atoms with E-state index in [2.05, 4.69) is 22.2 Å². The van der Waals surface area contributed by atoms with Gasteiger partial charge in [-0.3, -0.25) is 4.79 Å². The molecule has 15 heavy (non-hydrogen) atoms. The maximum Gasteiger partial charge on any atom is 0.226 e. The summed E-state index contributed by atoms with van der Waals surface area (Å²) in [7, 11) is 0. The summed E-state index contributed by atoms with van der Waals surface area (Å²) < 4.78 is 0. The number of carbonyl (C=O) groups is 1. The third kappa shape index (κ3) is 2.89. The van der Waals surface area contributed by atoms with Crippen LogP contribution in [-0.2, 0) is 4.79 Å². The second-order valence-corrected chi connectivity index (χ2v) is 4.65. The van der Waals surface area contributed by atoms with Crippen LogP contribution in [0.25, 0.3) is 0 Å². The van der Waals surface area contributed by atoms with Gasteiger partial charge < -0.3 is 5.32 Å². The van der Waals surface area contributed by atoms with Crippen LogP contribution in [0.2, 0.25) is 5.15 Å². The Morgan fingerprint density at radius 3 is 2.93 bits per heavy atom. The maximum atomic E-state index is 11.6. The molecule has 0 saturated heterocycles. The van der Waals surface area contributed by atoms with E-state index in [-0.39, 0.29) is 11.3 Å². The molecule has 1 heterocycles. The molecule has 1 aliphatic carbocycles. The Balaban J connectivity index is 1.93. The number of hydrogen-bond acceptors (Lipinski definition) is 3. The molecule has 0 radical (unpaired) electrons. The number of nitrogens with zero attached hydrogens (tertiary/aromatic N) is 2. The first-order valence-corrected chi connectivity index (χ1v) is 5.23. The molecule has 1 N–H and O–H groups in total. The number of aromatic nitrogens is 2. The minimum atomic E-state index is -0.00948. The van der Waals surface area contributed by atoms with Crippen molar-refractivity contribution in [2.24, 2.45) is 5.41 Å². The number of amides is 1. The van der Waals surface area contributed by atoms with Crippen LogP contribution in [0.3, 0.4) is 0 Å². The van der Waals surface area contributed by atoms with Gasteiger partial charge in [0.1, 0.15) is 17.3 Å². The minimum Gasteiger partial charge on any atom is -0.311 e. The molecular formula is C10H12ClN3O. The van der Waals surface area contributed by atoms with Gasteiger partial charge in [-0.05, 0) is 18.3 Å². The van der Waals surface area contributed by atoms with Gasteiger partial charge in [-0.2, -0.15) is 0 Å². The quantitative estimate of drug-likeness (QED) is 0.803. The zero-order valence-corrected chi connectivity index (χ0v) is 9.21. The molecule has 0 aliphatic heterocycles. The lowest BCUT2D eigenvalue weighted by Gasteiger charge is -2.07. The summed E-state index contributed by atoms with van der Waals surface area (Å²) >= 11 is 5.67. The fourth-order valence-corrected chi connectivity index (χ4v) is 1.51. The summed E-state index contributed by atoms with van der Waals surface area (Å²) in [5.41, 5.74) is 0.209. The van der Waals surface area contributed by atoms with Crippen LogP contribution in [-0.4, -0.2) is 15.9 Å². The molecule has 0 aromatic carbocycles. The molecule has 0 atom stereocenters. The molecule has 1 aromatic heterocycles. The molecule has 1 amide bonds. The van der Waals surface area contributed by atoms with Crippen LogP contribution in [0.4, 0.5) is 5.82 Å². The maximum absolute atomic E-state index is 11.6. The highest BCUT2D eigenvalue weighted by Gasteiger charge is 2.39. The topological polar surface area (TPSA) is 54.9 Å². The van der Waals surface area contributed by atoms with Crippen molar-refractivity contribution < 1.29 is 4.79 Å². The second-order valence-electron chi connectivity index (χ2n) is 4.26. The smallest absolute Gasteiger partial charge is 0.226 e. The predicted octanol–water partition coefficient (Wildman–Crippen LogP) is 2.26. The fourth-order valence-electron chi connectivity index (χ4n) is 1.37. The van der Waals surface area contributed by atoms with Gasteiger partial charge >= 0.3 is 0 Å². The van der Waals surface area contributed by atoms with E-state index in [9.17, 15) is 4.79 Å². The van der Waals surface area contributed by atoms with Gasteiger partial charge in [0, 0.05) is 12.5 Å². The molecule has 0 unspecified atom stereocenters. The Morgan fingerprint density at radius 2 is 2.33 bits per heavy atom. The monoisotopic (exact) mass is 225 g/mol. The third-order valence-corrected chi connectivity index (χ3v) is 2.80. The number of halogens is 1. The van der Waals surface area contributed by atoms with E-state index in [1.807, 2.05) is 0 Å². The average molecular weight is 226 g/mol. The Morgan fingerprint density at radius 1 is 1.60 bits per heavy atom. The predicted molar refractivity (Wildman–Crippen MR) is 57.6 cm³/mol. The van der Waals surface area contributed by atoms with Crippen LogP contribution < -0.4 is 5.32 Å². The molecular weight excluding hydrogens is 214 g/mol. The Labute approximate surface area is 93.1 Å². The molecule has 2 rings (SSSR count). The van der Waals surface area contributed by atoms with E-state index < -0.39 is 0 Å². The molecule has 1 aliphatic rings. The van der Waals surface area contributed by atoms with Crippen LogP contribution in [0.15, 0.2) is 12.4 Å². The summed E-state index contributed by atoms with van der Waals surface area (Å²) in [6, 6.07) is 1.54. The lowest BCUT2D eigenvalue weighted by molar-refractivity contribution is -0.117. The van der Waals surface area contributed by atoms with Crippen molar-refractivity contribution in [2.45, 2.75) is 26.2 Å². The zero-order valence-electron chi connectivity index (χ0n) is 8.46. The third-order valence-electron chi connectivity index (χ3n) is 2.59. The van der Waals surface area contributed by atoms with E-state index in [0.29, 0.717) is 17.4 Å². The highest BCUT2D eigenvalue weighted by molar-refractivity contribution is 6.29. The number of anilines is 1. The molecule has 1 fully saturated rings. The fraction of sp³-hybridized carbons (Fsp3) is 0.500. The normalized spacial score (nSPS) is 17.2. The van der Waals surface area contributed by atoms with Crippen molar-refractivity contribution in [1.29, 1.82) is 0 Å². The van der Waals surface area contributed by atoms with Gasteiger partial charge in [-0.15, -0.1) is 0 Å². The van der Waals surface area contributed by atoms with Crippen LogP contribution >= 0.6 is 11.6 Å². The molecule has 0 bridgehead atoms. The summed E-state index contributed by atoms with van der Waals surface area (Å²) in [5, 5.41) is 3.04. The second kappa shape index (κ2) is 3.77. The van der Waals surface area contributed by atoms with Crippen molar-refractivity contribution in [3.63, 3.8) is 0 Å². The van der Waals surface area contributed by atoms with E-state index in [1.54, 1.807) is 0 Å². The van der Waals surface area contributed by atoms with Gasteiger partial charge in [-0.25, -0.2) is 9.97 Å². The van der Waals surface area contributed by atoms with Gasteiger partial charge in [0.2, 0.25) is 5.91 Å². The van der Waals surface area contributed by atoms with Crippen LogP contribution in [0, 0.1) is 5.41 Å². The molecule has 5 heteroatoms. The lowest BCUT2D eigenvalue weighted by atomic mass is 10.1. The first-order valence-electron chi connectivity index (χ1n) is 4.85. The largest absolute Gasteiger partial charge is 0.311 e. The molecule has 1 aromatic rings. The number of rotatable bonds is 3. The van der Waals surface area contributed by atoms with Crippen molar-refractivity contribution >= 4 is 23.3 Å². The van der Waals surface area contributed by atoms with E-state index >= 15 is 0 Å². The summed E-state index contributed by atoms with van der Waals surface area (Å²) in [6.07, 6.45) is 4.14.